The van der Waals surface area contributed by atoms with Gasteiger partial charge in [-0.25, -0.2) is 9.37 Å². The second kappa shape index (κ2) is 9.98. The van der Waals surface area contributed by atoms with E-state index in [0.29, 0.717) is 24.3 Å². The molecule has 3 rings (SSSR count). The van der Waals surface area contributed by atoms with Gasteiger partial charge in [-0.05, 0) is 47.9 Å². The van der Waals surface area contributed by atoms with Crippen molar-refractivity contribution >= 4 is 17.4 Å². The van der Waals surface area contributed by atoms with Gasteiger partial charge in [0.05, 0.1) is 12.7 Å². The SMILES string of the molecule is CCC(=O)N(C)c1ccc(-c2ccc(C(=O)CCc3cccnc3OC)c(F)c2)cc1. The number of ether oxygens (including phenoxy) is 1. The highest BCUT2D eigenvalue weighted by Crippen LogP contribution is 2.26. The van der Waals surface area contributed by atoms with Gasteiger partial charge in [0.15, 0.2) is 5.78 Å². The van der Waals surface area contributed by atoms with Gasteiger partial charge in [-0.15, -0.1) is 0 Å². The van der Waals surface area contributed by atoms with Crippen LogP contribution in [0.25, 0.3) is 11.1 Å². The highest BCUT2D eigenvalue weighted by atomic mass is 19.1. The zero-order chi connectivity index (χ0) is 22.4. The van der Waals surface area contributed by atoms with E-state index in [-0.39, 0.29) is 23.7 Å². The zero-order valence-electron chi connectivity index (χ0n) is 17.9. The molecule has 0 bridgehead atoms. The number of anilines is 1. The monoisotopic (exact) mass is 420 g/mol. The minimum atomic E-state index is -0.553. The van der Waals surface area contributed by atoms with Gasteiger partial charge in [0.25, 0.3) is 0 Å². The van der Waals surface area contributed by atoms with Crippen LogP contribution in [0.15, 0.2) is 60.8 Å². The van der Waals surface area contributed by atoms with Gasteiger partial charge in [-0.1, -0.05) is 31.2 Å². The number of hydrogen-bond acceptors (Lipinski definition) is 4. The van der Waals surface area contributed by atoms with Gasteiger partial charge in [0.1, 0.15) is 5.82 Å². The van der Waals surface area contributed by atoms with Crippen molar-refractivity contribution in [1.82, 2.24) is 4.98 Å². The van der Waals surface area contributed by atoms with E-state index in [0.717, 1.165) is 16.8 Å². The molecule has 1 heterocycles. The first kappa shape index (κ1) is 22.2. The molecule has 0 aliphatic carbocycles. The van der Waals surface area contributed by atoms with E-state index >= 15 is 0 Å². The number of halogens is 1. The lowest BCUT2D eigenvalue weighted by Gasteiger charge is -2.16. The number of rotatable bonds is 8. The summed E-state index contributed by atoms with van der Waals surface area (Å²) < 4.78 is 19.9. The molecule has 6 heteroatoms. The molecule has 0 saturated heterocycles. The van der Waals surface area contributed by atoms with Crippen molar-refractivity contribution in [1.29, 1.82) is 0 Å². The topological polar surface area (TPSA) is 59.5 Å². The molecule has 2 aromatic carbocycles. The van der Waals surface area contributed by atoms with Crippen molar-refractivity contribution in [2.75, 3.05) is 19.1 Å². The first-order chi connectivity index (χ1) is 14.9. The van der Waals surface area contributed by atoms with Crippen molar-refractivity contribution in [2.45, 2.75) is 26.2 Å². The Morgan fingerprint density at radius 1 is 1.06 bits per heavy atom. The smallest absolute Gasteiger partial charge is 0.226 e. The van der Waals surface area contributed by atoms with E-state index in [2.05, 4.69) is 4.98 Å². The molecule has 1 amide bonds. The lowest BCUT2D eigenvalue weighted by atomic mass is 9.99. The molecule has 0 fully saturated rings. The summed E-state index contributed by atoms with van der Waals surface area (Å²) in [6.07, 6.45) is 2.62. The molecule has 0 N–H and O–H groups in total. The summed E-state index contributed by atoms with van der Waals surface area (Å²) in [6.45, 7) is 1.81. The van der Waals surface area contributed by atoms with Gasteiger partial charge in [-0.2, -0.15) is 0 Å². The van der Waals surface area contributed by atoms with Crippen molar-refractivity contribution < 1.29 is 18.7 Å². The number of nitrogens with zero attached hydrogens (tertiary/aromatic N) is 2. The summed E-state index contributed by atoms with van der Waals surface area (Å²) >= 11 is 0. The third-order valence-electron chi connectivity index (χ3n) is 5.20. The fourth-order valence-corrected chi connectivity index (χ4v) is 3.36. The third kappa shape index (κ3) is 5.15. The van der Waals surface area contributed by atoms with Gasteiger partial charge >= 0.3 is 0 Å². The quantitative estimate of drug-likeness (QED) is 0.477. The van der Waals surface area contributed by atoms with Gasteiger partial charge in [-0.3, -0.25) is 9.59 Å². The molecule has 0 spiro atoms. The normalized spacial score (nSPS) is 10.6. The first-order valence-corrected chi connectivity index (χ1v) is 10.1. The summed E-state index contributed by atoms with van der Waals surface area (Å²) in [5.41, 5.74) is 3.12. The Hall–Kier alpha value is -3.54. The van der Waals surface area contributed by atoms with E-state index in [1.165, 1.54) is 19.2 Å². The maximum absolute atomic E-state index is 14.7. The Bertz CT molecular complexity index is 1080. The maximum atomic E-state index is 14.7. The highest BCUT2D eigenvalue weighted by molar-refractivity contribution is 5.97. The van der Waals surface area contributed by atoms with E-state index in [9.17, 15) is 14.0 Å². The molecular formula is C25H25FN2O3. The van der Waals surface area contributed by atoms with Crippen LogP contribution in [0.2, 0.25) is 0 Å². The molecular weight excluding hydrogens is 395 g/mol. The number of ketones is 1. The Balaban J connectivity index is 1.72. The zero-order valence-corrected chi connectivity index (χ0v) is 17.9. The fourth-order valence-electron chi connectivity index (χ4n) is 3.36. The van der Waals surface area contributed by atoms with Crippen LogP contribution in [0.4, 0.5) is 10.1 Å². The van der Waals surface area contributed by atoms with Gasteiger partial charge in [0.2, 0.25) is 11.8 Å². The van der Waals surface area contributed by atoms with E-state index in [4.69, 9.17) is 4.74 Å². The molecule has 160 valence electrons. The summed E-state index contributed by atoms with van der Waals surface area (Å²) in [6, 6.07) is 15.5. The minimum Gasteiger partial charge on any atom is -0.481 e. The number of Topliss-reactive ketones (excluding diaryl/α,β-unsaturated/α-hetero) is 1. The molecule has 0 atom stereocenters. The molecule has 0 aliphatic heterocycles. The minimum absolute atomic E-state index is 0.0190. The highest BCUT2D eigenvalue weighted by Gasteiger charge is 2.15. The lowest BCUT2D eigenvalue weighted by molar-refractivity contribution is -0.118. The second-order valence-corrected chi connectivity index (χ2v) is 7.14. The van der Waals surface area contributed by atoms with Crippen LogP contribution in [-0.2, 0) is 11.2 Å². The number of amides is 1. The van der Waals surface area contributed by atoms with Gasteiger partial charge < -0.3 is 9.64 Å². The summed E-state index contributed by atoms with van der Waals surface area (Å²) in [5, 5.41) is 0. The first-order valence-electron chi connectivity index (χ1n) is 10.1. The molecule has 0 saturated carbocycles. The van der Waals surface area contributed by atoms with Crippen molar-refractivity contribution in [3.63, 3.8) is 0 Å². The Morgan fingerprint density at radius 2 is 1.77 bits per heavy atom. The average molecular weight is 420 g/mol. The van der Waals surface area contributed by atoms with Crippen molar-refractivity contribution in [2.24, 2.45) is 0 Å². The lowest BCUT2D eigenvalue weighted by Crippen LogP contribution is -2.24. The predicted octanol–water partition coefficient (Wildman–Crippen LogP) is 5.08. The number of methoxy groups -OCH3 is 1. The van der Waals surface area contributed by atoms with Crippen molar-refractivity contribution in [3.8, 4) is 17.0 Å². The van der Waals surface area contributed by atoms with Crippen molar-refractivity contribution in [3.05, 3.63) is 77.7 Å². The molecule has 31 heavy (non-hydrogen) atoms. The summed E-state index contributed by atoms with van der Waals surface area (Å²) in [7, 11) is 3.25. The Labute approximate surface area is 181 Å². The van der Waals surface area contributed by atoms with Gasteiger partial charge in [0, 0.05) is 37.3 Å². The van der Waals surface area contributed by atoms with E-state index < -0.39 is 5.82 Å². The summed E-state index contributed by atoms with van der Waals surface area (Å²) in [5.74, 6) is -0.334. The van der Waals surface area contributed by atoms with Crippen LogP contribution in [0.1, 0.15) is 35.7 Å². The van der Waals surface area contributed by atoms with Crippen LogP contribution in [-0.4, -0.2) is 30.8 Å². The van der Waals surface area contributed by atoms with Crippen LogP contribution in [0.5, 0.6) is 5.88 Å². The molecule has 0 aliphatic rings. The maximum Gasteiger partial charge on any atom is 0.226 e. The third-order valence-corrected chi connectivity index (χ3v) is 5.20. The predicted molar refractivity (Wildman–Crippen MR) is 119 cm³/mol. The largest absolute Gasteiger partial charge is 0.481 e. The van der Waals surface area contributed by atoms with E-state index in [1.807, 2.05) is 37.3 Å². The Kier molecular flexibility index (Phi) is 7.13. The number of hydrogen-bond donors (Lipinski definition) is 0. The molecule has 3 aromatic rings. The van der Waals surface area contributed by atoms with Crippen LogP contribution >= 0.6 is 0 Å². The van der Waals surface area contributed by atoms with Crippen LogP contribution in [0.3, 0.4) is 0 Å². The average Bonchev–Trinajstić information content (AvgIpc) is 2.81. The molecule has 5 nitrogen and oxygen atoms in total. The number of benzene rings is 2. The number of pyridine rings is 1. The fraction of sp³-hybridized carbons (Fsp3) is 0.240. The van der Waals surface area contributed by atoms with Crippen LogP contribution in [0, 0.1) is 5.82 Å². The number of aromatic nitrogens is 1. The molecule has 0 unspecified atom stereocenters. The summed E-state index contributed by atoms with van der Waals surface area (Å²) in [4.78, 5) is 30.1. The standard InChI is InChI=1S/C25H25FN2O3/c1-4-24(30)28(2)20-11-7-17(8-12-20)19-9-13-21(22(26)16-19)23(29)14-10-18-6-5-15-27-25(18)31-3/h5-9,11-13,15-16H,4,10,14H2,1-3H3. The number of carbonyl (C=O) groups excluding carboxylic acids is 2. The second-order valence-electron chi connectivity index (χ2n) is 7.14. The van der Waals surface area contributed by atoms with Crippen LogP contribution < -0.4 is 9.64 Å². The number of carbonyl (C=O) groups is 2. The molecule has 0 radical (unpaired) electrons. The molecule has 1 aromatic heterocycles. The number of aryl methyl sites for hydroxylation is 1. The van der Waals surface area contributed by atoms with E-state index in [1.54, 1.807) is 30.3 Å². The Morgan fingerprint density at radius 3 is 2.42 bits per heavy atom.